The number of oxime groups is 1. The first kappa shape index (κ1) is 51.6. The zero-order valence-electron chi connectivity index (χ0n) is 42.0. The van der Waals surface area contributed by atoms with Crippen LogP contribution >= 0.6 is 0 Å². The number of unbranched alkanes of at least 4 members (excludes halogenated alkanes) is 10. The quantitative estimate of drug-likeness (QED) is 0.0306. The molecule has 2 N–H and O–H groups in total. The number of benzene rings is 3. The van der Waals surface area contributed by atoms with E-state index in [-0.39, 0.29) is 49.4 Å². The van der Waals surface area contributed by atoms with Crippen LogP contribution in [0.15, 0.2) is 90.1 Å². The predicted octanol–water partition coefficient (Wildman–Crippen LogP) is 11.9. The number of ether oxygens (including phenoxy) is 3. The van der Waals surface area contributed by atoms with E-state index < -0.39 is 17.4 Å². The smallest absolute Gasteiger partial charge is 0.239 e. The second-order valence-corrected chi connectivity index (χ2v) is 20.9. The maximum Gasteiger partial charge on any atom is 0.239 e. The van der Waals surface area contributed by atoms with Gasteiger partial charge < -0.3 is 34.2 Å². The molecule has 2 aliphatic carbocycles. The number of amides is 1. The minimum absolute atomic E-state index is 0.0780. The van der Waals surface area contributed by atoms with Crippen LogP contribution < -0.4 is 9.47 Å². The first-order valence-corrected chi connectivity index (χ1v) is 26.5. The molecule has 1 saturated carbocycles. The zero-order chi connectivity index (χ0) is 47.9. The van der Waals surface area contributed by atoms with E-state index in [1.807, 2.05) is 26.8 Å². The van der Waals surface area contributed by atoms with Gasteiger partial charge in [-0.2, -0.15) is 0 Å². The van der Waals surface area contributed by atoms with Crippen LogP contribution in [0, 0.1) is 17.8 Å². The van der Waals surface area contributed by atoms with Crippen LogP contribution in [-0.2, 0) is 20.9 Å². The van der Waals surface area contributed by atoms with Crippen molar-refractivity contribution in [1.29, 1.82) is 0 Å². The molecule has 0 spiro atoms. The molecule has 7 rings (SSSR count). The number of carbonyl (C=O) groups is 1. The Kier molecular flexibility index (Phi) is 19.0. The molecule has 6 atom stereocenters. The normalized spacial score (nSPS) is 23.6. The van der Waals surface area contributed by atoms with Crippen LogP contribution in [0.5, 0.6) is 11.5 Å². The standard InChI is InChI=1S/C58H83N3O7/c1-6-8-9-10-11-12-13-14-15-29-54(64)61(42-45-26-22-25-43-23-16-17-27-47(43)45)53-41-51(59-68-57(3,4)5)49-39-44(24-18-20-35-62)48(28-19-21-36-63)55-50-40-46(65-38-34-60-32-33-60)30-31-52(50)67-58(53,56(49)55)66-37-7-2/h7,16-17,22-23,25-27,30-31,39-40,44,48,53,55-56,62-63H,2,6,8-15,18-21,24,28-29,32-38,41-42H2,1,3-5H3. The van der Waals surface area contributed by atoms with Crippen LogP contribution in [0.1, 0.15) is 154 Å². The SMILES string of the molecule is C=CCOC12Oc3ccc(OCCN4CC4)cc3C3C(CCCCO)C(CCCCO)C=C(C(=NOC(C)(C)C)CC1N(Cc1cccc4ccccc14)C(=O)CCCCCCCCCCC)C32. The van der Waals surface area contributed by atoms with Gasteiger partial charge in [-0.3, -0.25) is 9.69 Å². The summed E-state index contributed by atoms with van der Waals surface area (Å²) in [6.07, 6.45) is 20.4. The fourth-order valence-electron chi connectivity index (χ4n) is 11.2. The van der Waals surface area contributed by atoms with Crippen molar-refractivity contribution in [3.8, 4) is 11.5 Å². The van der Waals surface area contributed by atoms with Gasteiger partial charge in [0.05, 0.1) is 18.2 Å². The highest BCUT2D eigenvalue weighted by atomic mass is 16.7. The molecule has 3 aromatic rings. The second kappa shape index (κ2) is 25.1. The first-order valence-electron chi connectivity index (χ1n) is 26.5. The largest absolute Gasteiger partial charge is 0.492 e. The molecule has 68 heavy (non-hydrogen) atoms. The fraction of sp³-hybridized carbons (Fsp3) is 0.621. The third-order valence-corrected chi connectivity index (χ3v) is 14.7. The van der Waals surface area contributed by atoms with Crippen molar-refractivity contribution in [3.05, 3.63) is 96.1 Å². The number of hydrogen-bond donors (Lipinski definition) is 2. The average Bonchev–Trinajstić information content (AvgIpc) is 4.17. The van der Waals surface area contributed by atoms with Gasteiger partial charge >= 0.3 is 0 Å². The topological polar surface area (TPSA) is 113 Å². The van der Waals surface area contributed by atoms with Gasteiger partial charge in [0.2, 0.25) is 11.7 Å². The summed E-state index contributed by atoms with van der Waals surface area (Å²) in [6, 6.07) is 20.5. The number of nitrogens with zero attached hydrogens (tertiary/aromatic N) is 3. The second-order valence-electron chi connectivity index (χ2n) is 20.9. The van der Waals surface area contributed by atoms with Crippen LogP contribution in [0.4, 0.5) is 0 Å². The number of hydrogen-bond acceptors (Lipinski definition) is 9. The Morgan fingerprint density at radius 3 is 2.35 bits per heavy atom. The predicted molar refractivity (Wildman–Crippen MR) is 274 cm³/mol. The molecule has 2 heterocycles. The highest BCUT2D eigenvalue weighted by Gasteiger charge is 2.65. The lowest BCUT2D eigenvalue weighted by Crippen LogP contribution is -2.70. The average molecular weight is 934 g/mol. The minimum Gasteiger partial charge on any atom is -0.492 e. The summed E-state index contributed by atoms with van der Waals surface area (Å²) in [5, 5.41) is 27.4. The molecule has 2 fully saturated rings. The number of aliphatic hydroxyl groups excluding tert-OH is 2. The van der Waals surface area contributed by atoms with E-state index in [1.165, 1.54) is 38.5 Å². The van der Waals surface area contributed by atoms with E-state index >= 15 is 4.79 Å². The monoisotopic (exact) mass is 934 g/mol. The lowest BCUT2D eigenvalue weighted by molar-refractivity contribution is -0.258. The van der Waals surface area contributed by atoms with Gasteiger partial charge in [0.1, 0.15) is 29.7 Å². The highest BCUT2D eigenvalue weighted by Crippen LogP contribution is 2.62. The number of fused-ring (bicyclic) bond motifs is 3. The Balaban J connectivity index is 1.38. The van der Waals surface area contributed by atoms with Gasteiger partial charge in [-0.25, -0.2) is 0 Å². The Hall–Kier alpha value is -4.22. The highest BCUT2D eigenvalue weighted by molar-refractivity contribution is 6.03. The van der Waals surface area contributed by atoms with E-state index in [9.17, 15) is 10.2 Å². The van der Waals surface area contributed by atoms with E-state index in [0.717, 1.165) is 116 Å². The van der Waals surface area contributed by atoms with E-state index in [1.54, 1.807) is 6.08 Å². The van der Waals surface area contributed by atoms with E-state index in [4.69, 9.17) is 24.2 Å². The van der Waals surface area contributed by atoms with Gasteiger partial charge in [0.25, 0.3) is 0 Å². The molecular weight excluding hydrogens is 851 g/mol. The molecule has 0 radical (unpaired) electrons. The van der Waals surface area contributed by atoms with Gasteiger partial charge in [0, 0.05) is 63.7 Å². The molecule has 372 valence electrons. The first-order chi connectivity index (χ1) is 33.1. The van der Waals surface area contributed by atoms with Crippen LogP contribution in [0.3, 0.4) is 0 Å². The lowest BCUT2D eigenvalue weighted by atomic mass is 9.55. The Morgan fingerprint density at radius 2 is 1.63 bits per heavy atom. The maximum absolute atomic E-state index is 15.5. The Morgan fingerprint density at radius 1 is 0.912 bits per heavy atom. The molecule has 1 saturated heterocycles. The van der Waals surface area contributed by atoms with Gasteiger partial charge in [-0.1, -0.05) is 131 Å². The number of rotatable bonds is 29. The Labute approximate surface area is 408 Å². The summed E-state index contributed by atoms with van der Waals surface area (Å²) in [5.74, 6) is 0.0655. The zero-order valence-corrected chi connectivity index (χ0v) is 42.0. The van der Waals surface area contributed by atoms with Crippen LogP contribution in [0.2, 0.25) is 0 Å². The summed E-state index contributed by atoms with van der Waals surface area (Å²) >= 11 is 0. The number of allylic oxidation sites excluding steroid dienone is 1. The molecule has 1 amide bonds. The summed E-state index contributed by atoms with van der Waals surface area (Å²) in [5.41, 5.74) is 3.44. The fourth-order valence-corrected chi connectivity index (χ4v) is 11.2. The van der Waals surface area contributed by atoms with Crippen molar-refractivity contribution < 1.29 is 34.1 Å². The third kappa shape index (κ3) is 13.1. The third-order valence-electron chi connectivity index (χ3n) is 14.7. The van der Waals surface area contributed by atoms with Crippen LogP contribution in [-0.4, -0.2) is 95.1 Å². The summed E-state index contributed by atoms with van der Waals surface area (Å²) in [7, 11) is 0. The molecule has 10 heteroatoms. The van der Waals surface area contributed by atoms with Gasteiger partial charge in [0.15, 0.2) is 0 Å². The molecule has 0 aromatic heterocycles. The molecule has 6 unspecified atom stereocenters. The van der Waals surface area contributed by atoms with Crippen molar-refractivity contribution in [2.75, 3.05) is 46.1 Å². The number of aliphatic hydroxyl groups is 2. The van der Waals surface area contributed by atoms with Crippen molar-refractivity contribution in [3.63, 3.8) is 0 Å². The van der Waals surface area contributed by atoms with Crippen molar-refractivity contribution in [1.82, 2.24) is 9.80 Å². The van der Waals surface area contributed by atoms with Crippen molar-refractivity contribution >= 4 is 22.4 Å². The molecule has 3 aromatic carbocycles. The molecule has 4 aliphatic rings. The molecule has 0 bridgehead atoms. The minimum atomic E-state index is -1.33. The lowest BCUT2D eigenvalue weighted by Gasteiger charge is -2.60. The summed E-state index contributed by atoms with van der Waals surface area (Å²) in [4.78, 5) is 26.3. The van der Waals surface area contributed by atoms with Gasteiger partial charge in [-0.15, -0.1) is 6.58 Å². The van der Waals surface area contributed by atoms with Gasteiger partial charge in [-0.05, 0) is 105 Å². The molecule has 2 aliphatic heterocycles. The van der Waals surface area contributed by atoms with Crippen molar-refractivity contribution in [2.45, 2.75) is 167 Å². The maximum atomic E-state index is 15.5. The molecular formula is C58H83N3O7. The molecule has 10 nitrogen and oxygen atoms in total. The summed E-state index contributed by atoms with van der Waals surface area (Å²) in [6.45, 7) is 17.0. The summed E-state index contributed by atoms with van der Waals surface area (Å²) < 4.78 is 21.4. The van der Waals surface area contributed by atoms with E-state index in [0.29, 0.717) is 32.4 Å². The van der Waals surface area contributed by atoms with Crippen molar-refractivity contribution in [2.24, 2.45) is 22.9 Å². The Bertz CT molecular complexity index is 2140. The van der Waals surface area contributed by atoms with E-state index in [2.05, 4.69) is 84.0 Å². The van der Waals surface area contributed by atoms with Crippen LogP contribution in [0.25, 0.3) is 10.8 Å². The number of carbonyl (C=O) groups excluding carboxylic acids is 1.